The zero-order valence-electron chi connectivity index (χ0n) is 73.5. The van der Waals surface area contributed by atoms with Gasteiger partial charge in [0, 0.05) is 11.8 Å². The standard InChI is InChI=1S/C25H16BF5O7S.C22H20BF5O8S.C22H14BF5O7S.C21H14BF5O7S/c26-12-13-9-10-18(21(32)38-23(24(27,28)29)25(30,31)39(34,35)36)19(11-13)37-22(33)20-16-7-3-1-5-14(16)15-6-2-4-8-17(15)20;23-9-10-1-2-14(17(30)36-18(21(24,25)26)22(27,28)37(32,33)34)15(5-10)35-19(31)20-6-11-3-12(7-20)16(29)13(4-11)8-20;23-11-12-8-9-16(19(30)35-20(21(24,25)26)22(27,28)36(31,32)33)17(10-12)34-18(29)15-7-3-5-13-4-1-2-6-14(13)15;22-10-11-5-7-15(18(29)34-19(20(23,24)25)21(26,27)35(30,31)32)16(9-11)33-17(28)14-8-6-12-3-1-2-4-13(12)14/h1-11,20,23H,12H2,(H,34,35,36);1-2,5,11-13,18H,3-4,6-9H2,(H,32,33,34);1-10,20H,11H2,(H,31,32,33);1-9,14,19H,10H2,(H,30,31,32)/p-4. The largest absolute Gasteiger partial charge is 0.743 e. The quantitative estimate of drug-likeness (QED) is 0.0110. The van der Waals surface area contributed by atoms with E-state index >= 15 is 0 Å². The number of Topliss-reactive ketones (excluding diaryl/α,β-unsaturated/α-hetero) is 1. The lowest BCUT2D eigenvalue weighted by Gasteiger charge is -2.53. The Kier molecular flexibility index (Phi) is 33.4. The molecule has 0 amide bonds. The number of ether oxygens (including phenoxy) is 8. The molecule has 0 spiro atoms. The molecule has 4 fully saturated rings. The van der Waals surface area contributed by atoms with Crippen LogP contribution in [0.2, 0.25) is 0 Å². The van der Waals surface area contributed by atoms with Crippen molar-refractivity contribution in [1.82, 2.24) is 0 Å². The van der Waals surface area contributed by atoms with E-state index in [1.54, 1.807) is 109 Å². The Hall–Kier alpha value is -13.1. The third-order valence-electron chi connectivity index (χ3n) is 23.0. The molecule has 9 aromatic carbocycles. The lowest BCUT2D eigenvalue weighted by atomic mass is 9.49. The van der Waals surface area contributed by atoms with Gasteiger partial charge in [0.15, 0.2) is 40.5 Å². The number of halogens is 20. The van der Waals surface area contributed by atoms with E-state index in [-0.39, 0.29) is 89.5 Å². The summed E-state index contributed by atoms with van der Waals surface area (Å²) in [5.74, 6) is -17.5. The monoisotopic (exact) mass is 2160 g/mol. The van der Waals surface area contributed by atoms with Gasteiger partial charge in [-0.1, -0.05) is 193 Å². The fraction of sp³-hybridized carbons (Fsp3) is 0.300. The van der Waals surface area contributed by atoms with Gasteiger partial charge in [0.1, 0.15) is 62.9 Å². The summed E-state index contributed by atoms with van der Waals surface area (Å²) in [6.45, 7) is 0. The number of ketones is 1. The second-order valence-corrected chi connectivity index (χ2v) is 38.6. The van der Waals surface area contributed by atoms with Crippen molar-refractivity contribution in [2.45, 2.75) is 139 Å². The smallest absolute Gasteiger partial charge is 0.432 e. The third kappa shape index (κ3) is 24.8. The van der Waals surface area contributed by atoms with Gasteiger partial charge in [0.25, 0.3) is 24.4 Å². The molecule has 8 radical (unpaired) electrons. The molecule has 7 unspecified atom stereocenters. The molecule has 4 bridgehead atoms. The molecule has 7 atom stereocenters. The molecule has 147 heavy (non-hydrogen) atoms. The number of rotatable bonds is 28. The summed E-state index contributed by atoms with van der Waals surface area (Å²) in [4.78, 5) is 115. The third-order valence-corrected chi connectivity index (χ3v) is 26.6. The van der Waals surface area contributed by atoms with Crippen LogP contribution in [-0.4, -0.2) is 207 Å². The van der Waals surface area contributed by atoms with Gasteiger partial charge in [-0.05, 0) is 137 Å². The maximum Gasteiger partial charge on any atom is 0.432 e. The van der Waals surface area contributed by atoms with Gasteiger partial charge >= 0.3 is 93.5 Å². The number of carbonyl (C=O) groups excluding carboxylic acids is 9. The van der Waals surface area contributed by atoms with Gasteiger partial charge in [-0.2, -0.15) is 87.8 Å². The van der Waals surface area contributed by atoms with Gasteiger partial charge in [-0.25, -0.2) is 57.6 Å². The molecule has 9 aromatic rings. The van der Waals surface area contributed by atoms with E-state index in [0.717, 1.165) is 83.9 Å². The van der Waals surface area contributed by atoms with E-state index < -0.39 is 221 Å². The van der Waals surface area contributed by atoms with Crippen LogP contribution in [0.5, 0.6) is 23.0 Å². The zero-order valence-corrected chi connectivity index (χ0v) is 76.7. The first kappa shape index (κ1) is 114. The summed E-state index contributed by atoms with van der Waals surface area (Å²) in [5, 5.41) is -23.1. The summed E-state index contributed by atoms with van der Waals surface area (Å²) < 4.78 is 434. The normalized spacial score (nSPS) is 18.1. The molecule has 6 aliphatic carbocycles. The average Bonchev–Trinajstić information content (AvgIpc) is 1.36. The molecule has 0 heterocycles. The average molecular weight is 2160 g/mol. The minimum Gasteiger partial charge on any atom is -0.743 e. The number of carbonyl (C=O) groups is 9. The highest BCUT2D eigenvalue weighted by molar-refractivity contribution is 7.87. The van der Waals surface area contributed by atoms with Crippen LogP contribution < -0.4 is 18.9 Å². The van der Waals surface area contributed by atoms with Crippen LogP contribution in [0.1, 0.15) is 140 Å². The number of esters is 8. The Morgan fingerprint density at radius 2 is 0.667 bits per heavy atom. The Morgan fingerprint density at radius 3 is 1.02 bits per heavy atom. The molecule has 15 rings (SSSR count). The summed E-state index contributed by atoms with van der Waals surface area (Å²) >= 11 is 0. The molecule has 6 aliphatic rings. The summed E-state index contributed by atoms with van der Waals surface area (Å²) in [6, 6.07) is 43.2. The Labute approximate surface area is 821 Å². The van der Waals surface area contributed by atoms with E-state index in [2.05, 4.69) is 18.9 Å². The Balaban J connectivity index is 0.000000186. The van der Waals surface area contributed by atoms with E-state index in [1.165, 1.54) is 18.2 Å². The number of fused-ring (bicyclic) bond motifs is 5. The molecule has 4 saturated carbocycles. The summed E-state index contributed by atoms with van der Waals surface area (Å²) in [5.41, 5.74) is -0.0286. The lowest BCUT2D eigenvalue weighted by Crippen LogP contribution is -2.55. The summed E-state index contributed by atoms with van der Waals surface area (Å²) in [7, 11) is -5.49. The van der Waals surface area contributed by atoms with Crippen molar-refractivity contribution in [3.8, 4) is 34.1 Å². The highest BCUT2D eigenvalue weighted by Gasteiger charge is 2.68. The van der Waals surface area contributed by atoms with E-state index in [0.29, 0.717) is 52.3 Å². The first-order chi connectivity index (χ1) is 68.0. The van der Waals surface area contributed by atoms with Gasteiger partial charge in [0.2, 0.25) is 0 Å². The van der Waals surface area contributed by atoms with Gasteiger partial charge in [0.05, 0.1) is 42.4 Å². The second-order valence-electron chi connectivity index (χ2n) is 32.8. The van der Waals surface area contributed by atoms with Crippen molar-refractivity contribution in [2.75, 3.05) is 0 Å². The molecule has 0 aromatic heterocycles. The van der Waals surface area contributed by atoms with Crippen molar-refractivity contribution in [2.24, 2.45) is 23.2 Å². The second kappa shape index (κ2) is 43.0. The predicted molar refractivity (Wildman–Crippen MR) is 462 cm³/mol. The van der Waals surface area contributed by atoms with Crippen molar-refractivity contribution < 1.29 is 221 Å². The Bertz CT molecular complexity index is 7130. The van der Waals surface area contributed by atoms with E-state index in [4.69, 9.17) is 50.3 Å². The Morgan fingerprint density at radius 1 is 0.354 bits per heavy atom. The van der Waals surface area contributed by atoms with Gasteiger partial charge in [-0.3, -0.25) is 19.2 Å². The van der Waals surface area contributed by atoms with Crippen LogP contribution in [0.4, 0.5) is 87.8 Å². The van der Waals surface area contributed by atoms with Crippen LogP contribution in [0, 0.1) is 23.2 Å². The van der Waals surface area contributed by atoms with Gasteiger partial charge in [-0.15, -0.1) is 0 Å². The molecule has 0 aliphatic heterocycles. The zero-order chi connectivity index (χ0) is 109. The number of benzene rings is 9. The van der Waals surface area contributed by atoms with E-state index in [1.807, 2.05) is 0 Å². The van der Waals surface area contributed by atoms with Gasteiger partial charge < -0.3 is 56.1 Å². The first-order valence-corrected chi connectivity index (χ1v) is 47.2. The van der Waals surface area contributed by atoms with Crippen LogP contribution >= 0.6 is 0 Å². The number of alkyl halides is 20. The van der Waals surface area contributed by atoms with Crippen LogP contribution in [-0.2, 0) is 104 Å². The maximum absolute atomic E-state index is 13.9. The minimum atomic E-state index is -6.90. The predicted octanol–water partition coefficient (Wildman–Crippen LogP) is 14.4. The van der Waals surface area contributed by atoms with Crippen molar-refractivity contribution in [3.63, 3.8) is 0 Å². The van der Waals surface area contributed by atoms with Crippen LogP contribution in [0.3, 0.4) is 0 Å². The summed E-state index contributed by atoms with van der Waals surface area (Å²) in [6.07, 6.45) is -38.6. The molecular formula is C90H60B4F20O29S4-4. The molecule has 774 valence electrons. The first-order valence-electron chi connectivity index (χ1n) is 41.6. The molecule has 0 N–H and O–H groups in total. The van der Waals surface area contributed by atoms with Crippen LogP contribution in [0.15, 0.2) is 194 Å². The van der Waals surface area contributed by atoms with Crippen molar-refractivity contribution in [1.29, 1.82) is 0 Å². The molecule has 57 heteroatoms. The van der Waals surface area contributed by atoms with Crippen molar-refractivity contribution in [3.05, 3.63) is 266 Å². The molecular weight excluding hydrogens is 2100 g/mol. The fourth-order valence-corrected chi connectivity index (χ4v) is 18.0. The minimum absolute atomic E-state index is 0.00252. The highest BCUT2D eigenvalue weighted by atomic mass is 32.2. The fourth-order valence-electron chi connectivity index (χ4n) is 16.3. The molecule has 29 nitrogen and oxygen atoms in total. The topological polar surface area (TPSA) is 456 Å². The van der Waals surface area contributed by atoms with Crippen molar-refractivity contribution >= 4 is 142 Å². The van der Waals surface area contributed by atoms with Crippen LogP contribution in [0.25, 0.3) is 28.0 Å². The highest BCUT2D eigenvalue weighted by Crippen LogP contribution is 2.60. The number of hydrogen-bond acceptors (Lipinski definition) is 29. The maximum atomic E-state index is 13.9. The number of hydrogen-bond donors (Lipinski definition) is 0. The SMILES string of the molecule is [B]Cc1ccc(C(=O)OC(C(F)(F)F)C(F)(F)S(=O)(=O)[O-])c(OC(=O)C23CC4CC(C2)C(=O)C(C4)C3)c1.[B]Cc1ccc(C(=O)OC(C(F)(F)F)C(F)(F)S(=O)(=O)[O-])c(OC(=O)C2C=Cc3ccccc32)c1.[B]Cc1ccc(C(=O)OC(C(F)(F)F)C(F)(F)S(=O)(=O)[O-])c(OC(=O)C2c3ccccc3-c3ccccc32)c1.[B]Cc1ccc(C(=O)OC(C(F)(F)F)C(F)(F)S(=O)(=O)[O-])c(OC(=O)c2cccc3ccccc23)c1. The van der Waals surface area contributed by atoms with E-state index in [9.17, 15) is 183 Å². The molecule has 0 saturated heterocycles. The lowest BCUT2D eigenvalue weighted by molar-refractivity contribution is -0.248.